The van der Waals surface area contributed by atoms with Crippen LogP contribution in [0.4, 0.5) is 5.69 Å². The highest BCUT2D eigenvalue weighted by Gasteiger charge is 2.21. The van der Waals surface area contributed by atoms with E-state index in [2.05, 4.69) is 47.0 Å². The van der Waals surface area contributed by atoms with Crippen molar-refractivity contribution in [3.63, 3.8) is 0 Å². The van der Waals surface area contributed by atoms with Gasteiger partial charge in [-0.05, 0) is 23.9 Å². The van der Waals surface area contributed by atoms with E-state index in [0.717, 1.165) is 24.6 Å². The van der Waals surface area contributed by atoms with Crippen LogP contribution in [0, 0.1) is 10.1 Å². The summed E-state index contributed by atoms with van der Waals surface area (Å²) in [6.45, 7) is 8.42. The Kier molecular flexibility index (Phi) is 9.00. The van der Waals surface area contributed by atoms with Crippen LogP contribution in [0.1, 0.15) is 31.2 Å². The molecule has 0 spiro atoms. The third-order valence-electron chi connectivity index (χ3n) is 3.80. The number of halogens is 1. The Morgan fingerprint density at radius 2 is 1.92 bits per heavy atom. The molecule has 1 aromatic heterocycles. The Hall–Kier alpha value is -1.68. The van der Waals surface area contributed by atoms with E-state index >= 15 is 0 Å². The van der Waals surface area contributed by atoms with Gasteiger partial charge in [0.2, 0.25) is 0 Å². The van der Waals surface area contributed by atoms with E-state index in [1.54, 1.807) is 23.5 Å². The highest BCUT2D eigenvalue weighted by atomic mass is 127. The standard InChI is InChI=1S/C18H24N4O2S.HI/c1-4-19-17(21-13-18(2,3)16-6-5-11-25-16)20-12-14-7-9-15(10-8-14)22(23)24;/h5-11H,4,12-13H2,1-3H3,(H2,19,20,21);1H. The lowest BCUT2D eigenvalue weighted by Gasteiger charge is -2.25. The predicted molar refractivity (Wildman–Crippen MR) is 119 cm³/mol. The fourth-order valence-corrected chi connectivity index (χ4v) is 3.14. The molecule has 0 radical (unpaired) electrons. The Morgan fingerprint density at radius 1 is 1.23 bits per heavy atom. The second kappa shape index (κ2) is 10.5. The van der Waals surface area contributed by atoms with E-state index in [0.29, 0.717) is 6.54 Å². The Balaban J connectivity index is 0.00000338. The lowest BCUT2D eigenvalue weighted by molar-refractivity contribution is -0.384. The Bertz CT molecular complexity index is 715. The number of non-ortho nitro benzene ring substituents is 1. The van der Waals surface area contributed by atoms with Crippen molar-refractivity contribution < 1.29 is 4.92 Å². The SMILES string of the molecule is CCNC(=NCc1ccc([N+](=O)[O-])cc1)NCC(C)(C)c1cccs1.I. The molecular formula is C18H25IN4O2S. The van der Waals surface area contributed by atoms with Crippen LogP contribution in [0.25, 0.3) is 0 Å². The molecule has 0 aliphatic carbocycles. The third-order valence-corrected chi connectivity index (χ3v) is 5.03. The monoisotopic (exact) mass is 488 g/mol. The molecule has 0 fully saturated rings. The first-order valence-corrected chi connectivity index (χ1v) is 9.10. The lowest BCUT2D eigenvalue weighted by atomic mass is 9.91. The fourth-order valence-electron chi connectivity index (χ4n) is 2.29. The van der Waals surface area contributed by atoms with Crippen molar-refractivity contribution in [1.82, 2.24) is 10.6 Å². The van der Waals surface area contributed by atoms with Crippen molar-refractivity contribution >= 4 is 47.0 Å². The number of nitro benzene ring substituents is 1. The molecule has 0 amide bonds. The zero-order valence-electron chi connectivity index (χ0n) is 15.2. The number of nitro groups is 1. The van der Waals surface area contributed by atoms with Gasteiger partial charge in [-0.1, -0.05) is 32.0 Å². The number of benzene rings is 1. The highest BCUT2D eigenvalue weighted by molar-refractivity contribution is 14.0. The van der Waals surface area contributed by atoms with Crippen LogP contribution in [-0.4, -0.2) is 24.0 Å². The second-order valence-corrected chi connectivity index (χ2v) is 7.28. The average molecular weight is 488 g/mol. The number of nitrogens with zero attached hydrogens (tertiary/aromatic N) is 2. The molecule has 26 heavy (non-hydrogen) atoms. The molecule has 0 saturated carbocycles. The van der Waals surface area contributed by atoms with Gasteiger partial charge in [0.15, 0.2) is 5.96 Å². The summed E-state index contributed by atoms with van der Waals surface area (Å²) >= 11 is 1.75. The van der Waals surface area contributed by atoms with E-state index in [9.17, 15) is 10.1 Å². The Labute approximate surface area is 175 Å². The smallest absolute Gasteiger partial charge is 0.269 e. The quantitative estimate of drug-likeness (QED) is 0.200. The average Bonchev–Trinajstić information content (AvgIpc) is 3.13. The van der Waals surface area contributed by atoms with Gasteiger partial charge in [0.1, 0.15) is 0 Å². The van der Waals surface area contributed by atoms with E-state index in [4.69, 9.17) is 0 Å². The molecule has 0 saturated heterocycles. The summed E-state index contributed by atoms with van der Waals surface area (Å²) in [6, 6.07) is 10.7. The summed E-state index contributed by atoms with van der Waals surface area (Å²) in [7, 11) is 0. The first kappa shape index (κ1) is 22.4. The maximum Gasteiger partial charge on any atom is 0.269 e. The van der Waals surface area contributed by atoms with Crippen LogP contribution in [0.15, 0.2) is 46.8 Å². The third kappa shape index (κ3) is 6.56. The van der Waals surface area contributed by atoms with Gasteiger partial charge < -0.3 is 10.6 Å². The van der Waals surface area contributed by atoms with Crippen molar-refractivity contribution in [2.24, 2.45) is 4.99 Å². The van der Waals surface area contributed by atoms with Gasteiger partial charge in [0.25, 0.3) is 5.69 Å². The molecule has 2 aromatic rings. The lowest BCUT2D eigenvalue weighted by Crippen LogP contribution is -2.43. The molecule has 0 aliphatic rings. The molecular weight excluding hydrogens is 463 g/mol. The summed E-state index contributed by atoms with van der Waals surface area (Å²) in [6.07, 6.45) is 0. The molecule has 142 valence electrons. The molecule has 1 heterocycles. The van der Waals surface area contributed by atoms with Crippen LogP contribution in [0.5, 0.6) is 0 Å². The molecule has 8 heteroatoms. The van der Waals surface area contributed by atoms with E-state index in [1.807, 2.05) is 6.92 Å². The molecule has 2 rings (SSSR count). The maximum atomic E-state index is 10.7. The number of hydrogen-bond acceptors (Lipinski definition) is 4. The van der Waals surface area contributed by atoms with Crippen molar-refractivity contribution in [1.29, 1.82) is 0 Å². The normalized spacial score (nSPS) is 11.6. The van der Waals surface area contributed by atoms with Crippen molar-refractivity contribution in [3.05, 3.63) is 62.3 Å². The summed E-state index contributed by atoms with van der Waals surface area (Å²) in [5.74, 6) is 0.741. The topological polar surface area (TPSA) is 79.6 Å². The highest BCUT2D eigenvalue weighted by Crippen LogP contribution is 2.26. The number of rotatable bonds is 7. The molecule has 6 nitrogen and oxygen atoms in total. The Morgan fingerprint density at radius 3 is 2.46 bits per heavy atom. The molecule has 0 unspecified atom stereocenters. The maximum absolute atomic E-state index is 10.7. The number of hydrogen-bond donors (Lipinski definition) is 2. The van der Waals surface area contributed by atoms with Crippen LogP contribution in [0.3, 0.4) is 0 Å². The predicted octanol–water partition coefficient (Wildman–Crippen LogP) is 4.31. The zero-order valence-corrected chi connectivity index (χ0v) is 18.3. The van der Waals surface area contributed by atoms with E-state index < -0.39 is 4.92 Å². The van der Waals surface area contributed by atoms with Crippen LogP contribution in [-0.2, 0) is 12.0 Å². The second-order valence-electron chi connectivity index (χ2n) is 6.33. The first-order chi connectivity index (χ1) is 11.9. The van der Waals surface area contributed by atoms with E-state index in [1.165, 1.54) is 17.0 Å². The van der Waals surface area contributed by atoms with Crippen molar-refractivity contribution in [2.45, 2.75) is 32.7 Å². The van der Waals surface area contributed by atoms with Gasteiger partial charge in [-0.3, -0.25) is 10.1 Å². The van der Waals surface area contributed by atoms with Crippen molar-refractivity contribution in [3.8, 4) is 0 Å². The molecule has 0 atom stereocenters. The molecule has 0 aliphatic heterocycles. The summed E-state index contributed by atoms with van der Waals surface area (Å²) in [4.78, 5) is 16.2. The molecule has 1 aromatic carbocycles. The van der Waals surface area contributed by atoms with Gasteiger partial charge in [-0.15, -0.1) is 35.3 Å². The van der Waals surface area contributed by atoms with Crippen LogP contribution >= 0.6 is 35.3 Å². The van der Waals surface area contributed by atoms with Crippen molar-refractivity contribution in [2.75, 3.05) is 13.1 Å². The molecule has 0 bridgehead atoms. The van der Waals surface area contributed by atoms with Gasteiger partial charge in [0, 0.05) is 35.5 Å². The number of guanidine groups is 1. The first-order valence-electron chi connectivity index (χ1n) is 8.22. The summed E-state index contributed by atoms with van der Waals surface area (Å²) in [5, 5.41) is 19.4. The van der Waals surface area contributed by atoms with Crippen LogP contribution in [0.2, 0.25) is 0 Å². The number of aliphatic imine (C=N–C) groups is 1. The van der Waals surface area contributed by atoms with Gasteiger partial charge in [-0.25, -0.2) is 4.99 Å². The molecule has 2 N–H and O–H groups in total. The minimum atomic E-state index is -0.397. The van der Waals surface area contributed by atoms with Crippen LogP contribution < -0.4 is 10.6 Å². The van der Waals surface area contributed by atoms with E-state index in [-0.39, 0.29) is 35.1 Å². The largest absolute Gasteiger partial charge is 0.357 e. The zero-order chi connectivity index (χ0) is 18.3. The number of thiophene rings is 1. The van der Waals surface area contributed by atoms with Gasteiger partial charge in [-0.2, -0.15) is 0 Å². The minimum Gasteiger partial charge on any atom is -0.357 e. The fraction of sp³-hybridized carbons (Fsp3) is 0.389. The summed E-state index contributed by atoms with van der Waals surface area (Å²) < 4.78 is 0. The van der Waals surface area contributed by atoms with Gasteiger partial charge in [0.05, 0.1) is 11.5 Å². The number of nitrogens with one attached hydrogen (secondary N) is 2. The minimum absolute atomic E-state index is 0. The summed E-state index contributed by atoms with van der Waals surface area (Å²) in [5.41, 5.74) is 1.04. The van der Waals surface area contributed by atoms with Gasteiger partial charge >= 0.3 is 0 Å².